The molecule has 0 aromatic carbocycles. The Labute approximate surface area is 103 Å². The third-order valence-corrected chi connectivity index (χ3v) is 3.01. The van der Waals surface area contributed by atoms with Crippen molar-refractivity contribution in [2.24, 2.45) is 0 Å². The summed E-state index contributed by atoms with van der Waals surface area (Å²) in [6.45, 7) is 7.95. The lowest BCUT2D eigenvalue weighted by Gasteiger charge is -2.19. The fourth-order valence-electron chi connectivity index (χ4n) is 2.23. The molecule has 2 rings (SSSR count). The second kappa shape index (κ2) is 5.41. The number of ether oxygens (including phenoxy) is 1. The molecule has 94 valence electrons. The van der Waals surface area contributed by atoms with Gasteiger partial charge in [0.1, 0.15) is 17.3 Å². The lowest BCUT2D eigenvalue weighted by Crippen LogP contribution is -2.24. The third-order valence-electron chi connectivity index (χ3n) is 3.01. The number of furan rings is 1. The molecule has 0 saturated carbocycles. The average molecular weight is 235 g/mol. The molecule has 1 aliphatic heterocycles. The Balaban J connectivity index is 2.22. The van der Waals surface area contributed by atoms with E-state index in [-0.39, 0.29) is 6.04 Å². The summed E-state index contributed by atoms with van der Waals surface area (Å²) in [5.41, 5.74) is 1.20. The largest absolute Gasteiger partial charge is 0.496 e. The van der Waals surface area contributed by atoms with E-state index in [1.54, 1.807) is 0 Å². The Morgan fingerprint density at radius 3 is 2.76 bits per heavy atom. The van der Waals surface area contributed by atoms with Crippen LogP contribution >= 0.6 is 0 Å². The molecule has 0 spiro atoms. The SMILES string of the molecule is CCCNC(C1=CCCO1)c1cc(C)oc1C. The highest BCUT2D eigenvalue weighted by atomic mass is 16.5. The fourth-order valence-corrected chi connectivity index (χ4v) is 2.23. The minimum atomic E-state index is 0.148. The van der Waals surface area contributed by atoms with Crippen molar-refractivity contribution in [1.82, 2.24) is 5.32 Å². The molecule has 1 aromatic rings. The minimum absolute atomic E-state index is 0.148. The predicted octanol–water partition coefficient (Wildman–Crippen LogP) is 3.24. The maximum absolute atomic E-state index is 5.69. The maximum Gasteiger partial charge on any atom is 0.114 e. The standard InChI is InChI=1S/C14H21NO2/c1-4-7-15-14(13-6-5-8-16-13)12-9-10(2)17-11(12)3/h6,9,14-15H,4-5,7-8H2,1-3H3. The van der Waals surface area contributed by atoms with E-state index in [4.69, 9.17) is 9.15 Å². The van der Waals surface area contributed by atoms with E-state index in [1.165, 1.54) is 5.56 Å². The first-order valence-electron chi connectivity index (χ1n) is 6.35. The molecule has 1 N–H and O–H groups in total. The van der Waals surface area contributed by atoms with Crippen LogP contribution in [0.4, 0.5) is 0 Å². The zero-order chi connectivity index (χ0) is 12.3. The van der Waals surface area contributed by atoms with Crippen molar-refractivity contribution in [3.8, 4) is 0 Å². The van der Waals surface area contributed by atoms with E-state index >= 15 is 0 Å². The zero-order valence-corrected chi connectivity index (χ0v) is 10.9. The van der Waals surface area contributed by atoms with Crippen LogP contribution in [0.5, 0.6) is 0 Å². The van der Waals surface area contributed by atoms with Gasteiger partial charge >= 0.3 is 0 Å². The normalized spacial score (nSPS) is 16.8. The minimum Gasteiger partial charge on any atom is -0.496 e. The van der Waals surface area contributed by atoms with Crippen molar-refractivity contribution in [3.05, 3.63) is 35.0 Å². The van der Waals surface area contributed by atoms with Crippen LogP contribution in [0.15, 0.2) is 22.3 Å². The van der Waals surface area contributed by atoms with Crippen LogP contribution in [-0.2, 0) is 4.74 Å². The molecular formula is C14H21NO2. The van der Waals surface area contributed by atoms with E-state index in [1.807, 2.05) is 13.8 Å². The second-order valence-corrected chi connectivity index (χ2v) is 4.50. The van der Waals surface area contributed by atoms with Gasteiger partial charge < -0.3 is 14.5 Å². The first-order valence-corrected chi connectivity index (χ1v) is 6.35. The monoisotopic (exact) mass is 235 g/mol. The van der Waals surface area contributed by atoms with Crippen LogP contribution < -0.4 is 5.32 Å². The highest BCUT2D eigenvalue weighted by Crippen LogP contribution is 2.30. The van der Waals surface area contributed by atoms with E-state index in [9.17, 15) is 0 Å². The van der Waals surface area contributed by atoms with Crippen LogP contribution in [0.25, 0.3) is 0 Å². The Morgan fingerprint density at radius 1 is 1.41 bits per heavy atom. The smallest absolute Gasteiger partial charge is 0.114 e. The van der Waals surface area contributed by atoms with E-state index in [0.29, 0.717) is 0 Å². The number of hydrogen-bond acceptors (Lipinski definition) is 3. The molecule has 0 fully saturated rings. The summed E-state index contributed by atoms with van der Waals surface area (Å²) in [6.07, 6.45) is 4.30. The lowest BCUT2D eigenvalue weighted by atomic mass is 10.1. The molecule has 2 heterocycles. The van der Waals surface area contributed by atoms with Gasteiger partial charge in [-0.15, -0.1) is 0 Å². The third kappa shape index (κ3) is 2.72. The Morgan fingerprint density at radius 2 is 2.24 bits per heavy atom. The summed E-state index contributed by atoms with van der Waals surface area (Å²) in [5, 5.41) is 3.53. The molecule has 1 aromatic heterocycles. The molecule has 3 heteroatoms. The molecule has 0 bridgehead atoms. The van der Waals surface area contributed by atoms with Crippen molar-refractivity contribution in [2.45, 2.75) is 39.7 Å². The molecule has 17 heavy (non-hydrogen) atoms. The summed E-state index contributed by atoms with van der Waals surface area (Å²) in [7, 11) is 0. The van der Waals surface area contributed by atoms with Crippen LogP contribution in [0, 0.1) is 13.8 Å². The maximum atomic E-state index is 5.69. The fraction of sp³-hybridized carbons (Fsp3) is 0.571. The molecule has 0 radical (unpaired) electrons. The first-order chi connectivity index (χ1) is 8.22. The highest BCUT2D eigenvalue weighted by molar-refractivity contribution is 5.30. The summed E-state index contributed by atoms with van der Waals surface area (Å²) >= 11 is 0. The van der Waals surface area contributed by atoms with E-state index < -0.39 is 0 Å². The van der Waals surface area contributed by atoms with Gasteiger partial charge in [0.15, 0.2) is 0 Å². The number of rotatable bonds is 5. The van der Waals surface area contributed by atoms with Gasteiger partial charge in [0.2, 0.25) is 0 Å². The van der Waals surface area contributed by atoms with E-state index in [2.05, 4.69) is 24.4 Å². The number of nitrogens with one attached hydrogen (secondary N) is 1. The van der Waals surface area contributed by atoms with Crippen molar-refractivity contribution in [1.29, 1.82) is 0 Å². The summed E-state index contributed by atoms with van der Waals surface area (Å²) < 4.78 is 11.3. The topological polar surface area (TPSA) is 34.4 Å². The molecule has 0 saturated heterocycles. The van der Waals surface area contributed by atoms with Crippen LogP contribution in [0.3, 0.4) is 0 Å². The predicted molar refractivity (Wildman–Crippen MR) is 67.9 cm³/mol. The van der Waals surface area contributed by atoms with Crippen LogP contribution in [-0.4, -0.2) is 13.2 Å². The van der Waals surface area contributed by atoms with Gasteiger partial charge in [-0.25, -0.2) is 0 Å². The lowest BCUT2D eigenvalue weighted by molar-refractivity contribution is 0.215. The second-order valence-electron chi connectivity index (χ2n) is 4.50. The molecule has 1 aliphatic rings. The van der Waals surface area contributed by atoms with Gasteiger partial charge in [0, 0.05) is 12.0 Å². The van der Waals surface area contributed by atoms with Crippen molar-refractivity contribution in [2.75, 3.05) is 13.2 Å². The van der Waals surface area contributed by atoms with Crippen molar-refractivity contribution >= 4 is 0 Å². The Hall–Kier alpha value is -1.22. The molecule has 0 aliphatic carbocycles. The molecule has 3 nitrogen and oxygen atoms in total. The van der Waals surface area contributed by atoms with E-state index in [0.717, 1.165) is 43.3 Å². The number of aryl methyl sites for hydroxylation is 2. The van der Waals surface area contributed by atoms with Gasteiger partial charge in [-0.3, -0.25) is 0 Å². The Bertz CT molecular complexity index is 406. The van der Waals surface area contributed by atoms with Gasteiger partial charge in [-0.05, 0) is 39.0 Å². The quantitative estimate of drug-likeness (QED) is 0.850. The van der Waals surface area contributed by atoms with Crippen molar-refractivity contribution in [3.63, 3.8) is 0 Å². The van der Waals surface area contributed by atoms with Crippen molar-refractivity contribution < 1.29 is 9.15 Å². The van der Waals surface area contributed by atoms with Crippen LogP contribution in [0.2, 0.25) is 0 Å². The molecule has 1 atom stereocenters. The van der Waals surface area contributed by atoms with Gasteiger partial charge in [0.05, 0.1) is 12.6 Å². The first kappa shape index (κ1) is 12.2. The highest BCUT2D eigenvalue weighted by Gasteiger charge is 2.23. The summed E-state index contributed by atoms with van der Waals surface area (Å²) in [4.78, 5) is 0. The van der Waals surface area contributed by atoms with Crippen LogP contribution in [0.1, 0.15) is 42.9 Å². The summed E-state index contributed by atoms with van der Waals surface area (Å²) in [6, 6.07) is 2.25. The Kier molecular flexibility index (Phi) is 3.89. The summed E-state index contributed by atoms with van der Waals surface area (Å²) in [5.74, 6) is 2.98. The van der Waals surface area contributed by atoms with Gasteiger partial charge in [0.25, 0.3) is 0 Å². The molecule has 1 unspecified atom stereocenters. The van der Waals surface area contributed by atoms with Gasteiger partial charge in [-0.2, -0.15) is 0 Å². The number of hydrogen-bond donors (Lipinski definition) is 1. The zero-order valence-electron chi connectivity index (χ0n) is 10.9. The average Bonchev–Trinajstić information content (AvgIpc) is 2.90. The van der Waals surface area contributed by atoms with Gasteiger partial charge in [-0.1, -0.05) is 6.92 Å². The molecule has 0 amide bonds. The molecular weight excluding hydrogens is 214 g/mol.